The third-order valence-electron chi connectivity index (χ3n) is 4.32. The van der Waals surface area contributed by atoms with Gasteiger partial charge in [-0.15, -0.1) is 11.3 Å². The first-order valence-electron chi connectivity index (χ1n) is 9.04. The van der Waals surface area contributed by atoms with Crippen molar-refractivity contribution in [1.29, 1.82) is 0 Å². The van der Waals surface area contributed by atoms with E-state index in [0.717, 1.165) is 27.6 Å². The van der Waals surface area contributed by atoms with Crippen molar-refractivity contribution in [2.45, 2.75) is 13.3 Å². The number of ether oxygens (including phenoxy) is 2. The lowest BCUT2D eigenvalue weighted by Crippen LogP contribution is -2.23. The van der Waals surface area contributed by atoms with Gasteiger partial charge in [-0.2, -0.15) is 0 Å². The van der Waals surface area contributed by atoms with E-state index in [2.05, 4.69) is 35.4 Å². The Morgan fingerprint density at radius 1 is 1.21 bits per heavy atom. The van der Waals surface area contributed by atoms with Crippen LogP contribution in [0.25, 0.3) is 16.6 Å². The molecule has 0 unspecified atom stereocenters. The molecule has 2 aromatic carbocycles. The minimum absolute atomic E-state index is 0.133. The second kappa shape index (κ2) is 8.27. The second-order valence-corrected chi connectivity index (χ2v) is 7.36. The van der Waals surface area contributed by atoms with E-state index in [-0.39, 0.29) is 12.7 Å². The number of carbonyl (C=O) groups excluding carboxylic acids is 1. The smallest absolute Gasteiger partial charge is 0.244 e. The summed E-state index contributed by atoms with van der Waals surface area (Å²) in [5.41, 5.74) is 4.23. The first-order valence-corrected chi connectivity index (χ1v) is 9.92. The molecule has 0 atom stereocenters. The lowest BCUT2D eigenvalue weighted by Gasteiger charge is -2.01. The normalized spacial score (nSPS) is 12.5. The van der Waals surface area contributed by atoms with Crippen LogP contribution in [0.15, 0.2) is 53.9 Å². The molecule has 0 radical (unpaired) electrons. The molecule has 28 heavy (non-hydrogen) atoms. The number of rotatable bonds is 6. The minimum Gasteiger partial charge on any atom is -0.454 e. The molecule has 3 aromatic rings. The van der Waals surface area contributed by atoms with Gasteiger partial charge in [0, 0.05) is 30.0 Å². The molecule has 1 aromatic heterocycles. The molecule has 2 heterocycles. The molecular formula is C22H20N2O3S. The maximum Gasteiger partial charge on any atom is 0.244 e. The zero-order chi connectivity index (χ0) is 19.3. The van der Waals surface area contributed by atoms with Gasteiger partial charge in [0.25, 0.3) is 0 Å². The Bertz CT molecular complexity index is 1030. The summed E-state index contributed by atoms with van der Waals surface area (Å²) in [6.45, 7) is 2.86. The summed E-state index contributed by atoms with van der Waals surface area (Å²) in [7, 11) is 0. The van der Waals surface area contributed by atoms with E-state index in [1.165, 1.54) is 11.6 Å². The number of nitrogens with zero attached hydrogens (tertiary/aromatic N) is 1. The minimum atomic E-state index is -0.133. The summed E-state index contributed by atoms with van der Waals surface area (Å²) in [6, 6.07) is 13.9. The molecule has 1 N–H and O–H groups in total. The maximum atomic E-state index is 12.0. The van der Waals surface area contributed by atoms with Gasteiger partial charge in [-0.05, 0) is 36.8 Å². The quantitative estimate of drug-likeness (QED) is 0.638. The van der Waals surface area contributed by atoms with Crippen LogP contribution in [0.4, 0.5) is 0 Å². The summed E-state index contributed by atoms with van der Waals surface area (Å²) in [5.74, 6) is 1.30. The van der Waals surface area contributed by atoms with E-state index < -0.39 is 0 Å². The summed E-state index contributed by atoms with van der Waals surface area (Å²) in [5, 5.41) is 5.95. The monoisotopic (exact) mass is 392 g/mol. The average molecular weight is 392 g/mol. The SMILES string of the molecule is Cc1cccc(-c2nc(CCNC(=O)/C=C/c3ccc4c(c3)OCO4)cs2)c1. The number of hydrogen-bond donors (Lipinski definition) is 1. The molecule has 0 aliphatic carbocycles. The van der Waals surface area contributed by atoms with Crippen molar-refractivity contribution in [3.05, 3.63) is 70.7 Å². The number of aryl methyl sites for hydroxylation is 1. The Labute approximate surface area is 167 Å². The lowest BCUT2D eigenvalue weighted by molar-refractivity contribution is -0.116. The molecule has 0 bridgehead atoms. The molecular weight excluding hydrogens is 372 g/mol. The topological polar surface area (TPSA) is 60.5 Å². The Hall–Kier alpha value is -3.12. The largest absolute Gasteiger partial charge is 0.454 e. The highest BCUT2D eigenvalue weighted by atomic mass is 32.1. The van der Waals surface area contributed by atoms with Gasteiger partial charge in [0.05, 0.1) is 5.69 Å². The Kier molecular flexibility index (Phi) is 5.39. The fourth-order valence-electron chi connectivity index (χ4n) is 2.89. The van der Waals surface area contributed by atoms with Crippen molar-refractivity contribution in [1.82, 2.24) is 10.3 Å². The van der Waals surface area contributed by atoms with Crippen LogP contribution < -0.4 is 14.8 Å². The van der Waals surface area contributed by atoms with Gasteiger partial charge in [-0.25, -0.2) is 4.98 Å². The summed E-state index contributed by atoms with van der Waals surface area (Å²) in [6.07, 6.45) is 3.98. The average Bonchev–Trinajstić information content (AvgIpc) is 3.35. The van der Waals surface area contributed by atoms with Gasteiger partial charge in [0.1, 0.15) is 5.01 Å². The second-order valence-electron chi connectivity index (χ2n) is 6.50. The van der Waals surface area contributed by atoms with Gasteiger partial charge in [-0.3, -0.25) is 4.79 Å². The predicted molar refractivity (Wildman–Crippen MR) is 111 cm³/mol. The van der Waals surface area contributed by atoms with Crippen molar-refractivity contribution in [3.63, 3.8) is 0 Å². The third kappa shape index (κ3) is 4.40. The number of hydrogen-bond acceptors (Lipinski definition) is 5. The van der Waals surface area contributed by atoms with Gasteiger partial charge in [-0.1, -0.05) is 29.8 Å². The number of nitrogens with one attached hydrogen (secondary N) is 1. The number of aromatic nitrogens is 1. The highest BCUT2D eigenvalue weighted by Gasteiger charge is 2.12. The fraction of sp³-hybridized carbons (Fsp3) is 0.182. The molecule has 1 amide bonds. The summed E-state index contributed by atoms with van der Waals surface area (Å²) >= 11 is 1.63. The van der Waals surface area contributed by atoms with E-state index in [9.17, 15) is 4.79 Å². The van der Waals surface area contributed by atoms with Gasteiger partial charge >= 0.3 is 0 Å². The van der Waals surface area contributed by atoms with Crippen LogP contribution in [0.1, 0.15) is 16.8 Å². The van der Waals surface area contributed by atoms with Crippen molar-refractivity contribution in [3.8, 4) is 22.1 Å². The van der Waals surface area contributed by atoms with Crippen LogP contribution in [0.3, 0.4) is 0 Å². The molecule has 6 heteroatoms. The molecule has 4 rings (SSSR count). The van der Waals surface area contributed by atoms with Crippen LogP contribution in [0.5, 0.6) is 11.5 Å². The number of thiazole rings is 1. The molecule has 0 fully saturated rings. The van der Waals surface area contributed by atoms with E-state index >= 15 is 0 Å². The molecule has 0 spiro atoms. The van der Waals surface area contributed by atoms with Crippen molar-refractivity contribution in [2.24, 2.45) is 0 Å². The van der Waals surface area contributed by atoms with E-state index in [4.69, 9.17) is 9.47 Å². The molecule has 1 aliphatic heterocycles. The highest BCUT2D eigenvalue weighted by molar-refractivity contribution is 7.13. The first kappa shape index (κ1) is 18.3. The molecule has 142 valence electrons. The van der Waals surface area contributed by atoms with Crippen LogP contribution in [0.2, 0.25) is 0 Å². The van der Waals surface area contributed by atoms with E-state index in [0.29, 0.717) is 18.7 Å². The number of benzene rings is 2. The molecule has 0 saturated carbocycles. The van der Waals surface area contributed by atoms with Gasteiger partial charge in [0.2, 0.25) is 12.7 Å². The molecule has 1 aliphatic rings. The van der Waals surface area contributed by atoms with Crippen molar-refractivity contribution >= 4 is 23.3 Å². The zero-order valence-corrected chi connectivity index (χ0v) is 16.3. The number of carbonyl (C=O) groups is 1. The Morgan fingerprint density at radius 2 is 2.11 bits per heavy atom. The molecule has 0 saturated heterocycles. The standard InChI is InChI=1S/C22H20N2O3S/c1-15-3-2-4-17(11-15)22-24-18(13-28-22)9-10-23-21(25)8-6-16-5-7-19-20(12-16)27-14-26-19/h2-8,11-13H,9-10,14H2,1H3,(H,23,25)/b8-6+. The van der Waals surface area contributed by atoms with Gasteiger partial charge < -0.3 is 14.8 Å². The third-order valence-corrected chi connectivity index (χ3v) is 5.26. The maximum absolute atomic E-state index is 12.0. The van der Waals surface area contributed by atoms with Crippen LogP contribution in [-0.2, 0) is 11.2 Å². The number of amides is 1. The fourth-order valence-corrected chi connectivity index (χ4v) is 3.75. The van der Waals surface area contributed by atoms with Crippen LogP contribution >= 0.6 is 11.3 Å². The summed E-state index contributed by atoms with van der Waals surface area (Å²) < 4.78 is 10.6. The van der Waals surface area contributed by atoms with Crippen molar-refractivity contribution in [2.75, 3.05) is 13.3 Å². The van der Waals surface area contributed by atoms with Crippen molar-refractivity contribution < 1.29 is 14.3 Å². The van der Waals surface area contributed by atoms with E-state index in [1.54, 1.807) is 17.4 Å². The first-order chi connectivity index (χ1) is 13.7. The van der Waals surface area contributed by atoms with Gasteiger partial charge in [0.15, 0.2) is 11.5 Å². The summed E-state index contributed by atoms with van der Waals surface area (Å²) in [4.78, 5) is 16.7. The lowest BCUT2D eigenvalue weighted by atomic mass is 10.1. The number of fused-ring (bicyclic) bond motifs is 1. The highest BCUT2D eigenvalue weighted by Crippen LogP contribution is 2.32. The van der Waals surface area contributed by atoms with Crippen LogP contribution in [-0.4, -0.2) is 24.2 Å². The molecule has 5 nitrogen and oxygen atoms in total. The zero-order valence-electron chi connectivity index (χ0n) is 15.5. The predicted octanol–water partition coefficient (Wildman–Crippen LogP) is 4.22. The van der Waals surface area contributed by atoms with E-state index in [1.807, 2.05) is 29.6 Å². The van der Waals surface area contributed by atoms with Crippen LogP contribution in [0, 0.1) is 6.92 Å². The Morgan fingerprint density at radius 3 is 3.00 bits per heavy atom. The Balaban J connectivity index is 1.27.